The summed E-state index contributed by atoms with van der Waals surface area (Å²) in [7, 11) is 0. The Balaban J connectivity index is 1.93. The Labute approximate surface area is 116 Å². The third-order valence-electron chi connectivity index (χ3n) is 4.06. The van der Waals surface area contributed by atoms with Crippen LogP contribution in [0.4, 0.5) is 5.69 Å². The lowest BCUT2D eigenvalue weighted by atomic mass is 9.85. The van der Waals surface area contributed by atoms with Crippen LogP contribution in [-0.4, -0.2) is 6.04 Å². The second-order valence-electron chi connectivity index (χ2n) is 5.57. The zero-order chi connectivity index (χ0) is 13.5. The van der Waals surface area contributed by atoms with Crippen LogP contribution in [-0.2, 0) is 6.42 Å². The molecule has 1 fully saturated rings. The van der Waals surface area contributed by atoms with Gasteiger partial charge >= 0.3 is 0 Å². The Bertz CT molecular complexity index is 416. The molecule has 1 aliphatic rings. The number of hydrogen-bond acceptors (Lipinski definition) is 2. The quantitative estimate of drug-likeness (QED) is 0.840. The molecule has 0 saturated heterocycles. The molecule has 19 heavy (non-hydrogen) atoms. The first-order valence-corrected chi connectivity index (χ1v) is 7.58. The minimum atomic E-state index is 0.175. The summed E-state index contributed by atoms with van der Waals surface area (Å²) >= 11 is 0. The molecule has 1 aromatic carbocycles. The van der Waals surface area contributed by atoms with E-state index in [4.69, 9.17) is 0 Å². The van der Waals surface area contributed by atoms with Gasteiger partial charge in [-0.1, -0.05) is 38.3 Å². The van der Waals surface area contributed by atoms with Gasteiger partial charge in [-0.2, -0.15) is 5.26 Å². The Hall–Kier alpha value is -1.49. The highest BCUT2D eigenvalue weighted by Crippen LogP contribution is 2.27. The fourth-order valence-electron chi connectivity index (χ4n) is 2.82. The molecular weight excluding hydrogens is 232 g/mol. The number of nitrogens with zero attached hydrogens (tertiary/aromatic N) is 1. The van der Waals surface area contributed by atoms with Gasteiger partial charge in [-0.3, -0.25) is 0 Å². The Kier molecular flexibility index (Phi) is 5.27. The van der Waals surface area contributed by atoms with Crippen molar-refractivity contribution in [3.8, 4) is 6.07 Å². The highest BCUT2D eigenvalue weighted by Gasteiger charge is 2.24. The average molecular weight is 256 g/mol. The number of anilines is 1. The van der Waals surface area contributed by atoms with E-state index in [1.807, 2.05) is 0 Å². The molecule has 0 heterocycles. The van der Waals surface area contributed by atoms with Gasteiger partial charge in [-0.15, -0.1) is 0 Å². The van der Waals surface area contributed by atoms with Gasteiger partial charge in [0, 0.05) is 11.7 Å². The molecule has 0 amide bonds. The van der Waals surface area contributed by atoms with Gasteiger partial charge < -0.3 is 5.32 Å². The summed E-state index contributed by atoms with van der Waals surface area (Å²) in [6.07, 6.45) is 8.27. The van der Waals surface area contributed by atoms with E-state index in [1.165, 1.54) is 37.7 Å². The summed E-state index contributed by atoms with van der Waals surface area (Å²) in [6.45, 7) is 2.22. The fourth-order valence-corrected chi connectivity index (χ4v) is 2.82. The van der Waals surface area contributed by atoms with Crippen LogP contribution in [0.1, 0.15) is 51.0 Å². The SMILES string of the molecule is CCCCc1ccc(NC2CCCCC2C#N)cc1. The topological polar surface area (TPSA) is 35.8 Å². The van der Waals surface area contributed by atoms with Crippen molar-refractivity contribution in [1.29, 1.82) is 5.26 Å². The zero-order valence-electron chi connectivity index (χ0n) is 11.9. The fraction of sp³-hybridized carbons (Fsp3) is 0.588. The van der Waals surface area contributed by atoms with Crippen LogP contribution in [0, 0.1) is 17.2 Å². The summed E-state index contributed by atoms with van der Waals surface area (Å²) in [5.74, 6) is 0.175. The van der Waals surface area contributed by atoms with Crippen molar-refractivity contribution in [1.82, 2.24) is 0 Å². The minimum absolute atomic E-state index is 0.175. The van der Waals surface area contributed by atoms with E-state index in [2.05, 4.69) is 42.6 Å². The number of aryl methyl sites for hydroxylation is 1. The molecule has 0 aromatic heterocycles. The Morgan fingerprint density at radius 3 is 2.63 bits per heavy atom. The monoisotopic (exact) mass is 256 g/mol. The Morgan fingerprint density at radius 1 is 1.21 bits per heavy atom. The number of hydrogen-bond donors (Lipinski definition) is 1. The summed E-state index contributed by atoms with van der Waals surface area (Å²) in [6, 6.07) is 11.5. The number of nitrogens with one attached hydrogen (secondary N) is 1. The van der Waals surface area contributed by atoms with E-state index in [9.17, 15) is 5.26 Å². The van der Waals surface area contributed by atoms with Gasteiger partial charge in [0.1, 0.15) is 0 Å². The van der Waals surface area contributed by atoms with Gasteiger partial charge in [-0.25, -0.2) is 0 Å². The zero-order valence-corrected chi connectivity index (χ0v) is 11.9. The number of nitriles is 1. The van der Waals surface area contributed by atoms with Crippen molar-refractivity contribution < 1.29 is 0 Å². The van der Waals surface area contributed by atoms with Crippen LogP contribution < -0.4 is 5.32 Å². The number of unbranched alkanes of at least 4 members (excludes halogenated alkanes) is 1. The summed E-state index contributed by atoms with van der Waals surface area (Å²) < 4.78 is 0. The van der Waals surface area contributed by atoms with Crippen LogP contribution in [0.25, 0.3) is 0 Å². The molecule has 102 valence electrons. The van der Waals surface area contributed by atoms with Crippen molar-refractivity contribution >= 4 is 5.69 Å². The lowest BCUT2D eigenvalue weighted by Gasteiger charge is -2.28. The molecule has 0 bridgehead atoms. The van der Waals surface area contributed by atoms with E-state index in [1.54, 1.807) is 0 Å². The molecular formula is C17H24N2. The highest BCUT2D eigenvalue weighted by molar-refractivity contribution is 5.46. The van der Waals surface area contributed by atoms with Crippen LogP contribution in [0.15, 0.2) is 24.3 Å². The number of benzene rings is 1. The number of rotatable bonds is 5. The van der Waals surface area contributed by atoms with Crippen molar-refractivity contribution in [2.75, 3.05) is 5.32 Å². The standard InChI is InChI=1S/C17H24N2/c1-2-3-6-14-9-11-16(12-10-14)19-17-8-5-4-7-15(17)13-18/h9-12,15,17,19H,2-8H2,1H3. The molecule has 1 N–H and O–H groups in total. The largest absolute Gasteiger partial charge is 0.381 e. The molecule has 2 heteroatoms. The molecule has 2 atom stereocenters. The van der Waals surface area contributed by atoms with E-state index >= 15 is 0 Å². The van der Waals surface area contributed by atoms with Crippen LogP contribution in [0.5, 0.6) is 0 Å². The predicted molar refractivity (Wildman–Crippen MR) is 80.0 cm³/mol. The highest BCUT2D eigenvalue weighted by atomic mass is 14.9. The first-order chi connectivity index (χ1) is 9.33. The maximum Gasteiger partial charge on any atom is 0.0677 e. The molecule has 1 aliphatic carbocycles. The predicted octanol–water partition coefficient (Wildman–Crippen LogP) is 4.52. The van der Waals surface area contributed by atoms with E-state index < -0.39 is 0 Å². The summed E-state index contributed by atoms with van der Waals surface area (Å²) in [4.78, 5) is 0. The first-order valence-electron chi connectivity index (χ1n) is 7.58. The molecule has 2 nitrogen and oxygen atoms in total. The van der Waals surface area contributed by atoms with Gasteiger partial charge in [0.25, 0.3) is 0 Å². The van der Waals surface area contributed by atoms with Crippen molar-refractivity contribution in [3.63, 3.8) is 0 Å². The van der Waals surface area contributed by atoms with Crippen LogP contribution in [0.2, 0.25) is 0 Å². The van der Waals surface area contributed by atoms with Crippen molar-refractivity contribution in [2.45, 2.75) is 57.9 Å². The molecule has 0 aliphatic heterocycles. The van der Waals surface area contributed by atoms with Crippen molar-refractivity contribution in [3.05, 3.63) is 29.8 Å². The molecule has 1 saturated carbocycles. The van der Waals surface area contributed by atoms with Gasteiger partial charge in [0.15, 0.2) is 0 Å². The lowest BCUT2D eigenvalue weighted by Crippen LogP contribution is -2.31. The van der Waals surface area contributed by atoms with Gasteiger partial charge in [-0.05, 0) is 43.4 Å². The van der Waals surface area contributed by atoms with E-state index in [0.717, 1.165) is 18.5 Å². The van der Waals surface area contributed by atoms with Gasteiger partial charge in [0.2, 0.25) is 0 Å². The molecule has 0 radical (unpaired) electrons. The van der Waals surface area contributed by atoms with Crippen molar-refractivity contribution in [2.24, 2.45) is 5.92 Å². The van der Waals surface area contributed by atoms with Crippen LogP contribution in [0.3, 0.4) is 0 Å². The maximum atomic E-state index is 9.19. The summed E-state index contributed by atoms with van der Waals surface area (Å²) in [5.41, 5.74) is 2.57. The third kappa shape index (κ3) is 3.99. The third-order valence-corrected chi connectivity index (χ3v) is 4.06. The maximum absolute atomic E-state index is 9.19. The average Bonchev–Trinajstić information content (AvgIpc) is 2.47. The minimum Gasteiger partial charge on any atom is -0.381 e. The smallest absolute Gasteiger partial charge is 0.0677 e. The second-order valence-corrected chi connectivity index (χ2v) is 5.57. The lowest BCUT2D eigenvalue weighted by molar-refractivity contribution is 0.389. The normalized spacial score (nSPS) is 22.7. The second kappa shape index (κ2) is 7.19. The summed E-state index contributed by atoms with van der Waals surface area (Å²) in [5, 5.41) is 12.7. The Morgan fingerprint density at radius 2 is 1.95 bits per heavy atom. The first kappa shape index (κ1) is 13.9. The van der Waals surface area contributed by atoms with Gasteiger partial charge in [0.05, 0.1) is 12.0 Å². The molecule has 2 rings (SSSR count). The molecule has 0 spiro atoms. The van der Waals surface area contributed by atoms with Crippen LogP contribution >= 0.6 is 0 Å². The molecule has 2 unspecified atom stereocenters. The molecule has 1 aromatic rings. The van der Waals surface area contributed by atoms with E-state index in [-0.39, 0.29) is 5.92 Å². The van der Waals surface area contributed by atoms with E-state index in [0.29, 0.717) is 6.04 Å².